The second kappa shape index (κ2) is 9.00. The maximum absolute atomic E-state index is 13.0. The van der Waals surface area contributed by atoms with E-state index in [9.17, 15) is 4.79 Å². The Balaban J connectivity index is 1.46. The molecule has 30 heavy (non-hydrogen) atoms. The summed E-state index contributed by atoms with van der Waals surface area (Å²) >= 11 is 0. The molecule has 1 fully saturated rings. The Kier molecular flexibility index (Phi) is 6.18. The maximum Gasteiger partial charge on any atom is 0.228 e. The van der Waals surface area contributed by atoms with Gasteiger partial charge in [-0.3, -0.25) is 9.69 Å². The summed E-state index contributed by atoms with van der Waals surface area (Å²) in [6.45, 7) is 9.97. The number of amides is 1. The summed E-state index contributed by atoms with van der Waals surface area (Å²) < 4.78 is 2.29. The lowest BCUT2D eigenvalue weighted by Crippen LogP contribution is -2.40. The zero-order valence-electron chi connectivity index (χ0n) is 18.3. The molecule has 1 aliphatic rings. The average molecular weight is 405 g/mol. The number of fused-ring (bicyclic) bond motifs is 1. The minimum Gasteiger partial charge on any atom is -0.327 e. The van der Waals surface area contributed by atoms with Crippen LogP contribution < -0.4 is 5.32 Å². The molecule has 1 N–H and O–H groups in total. The molecule has 2 aromatic carbocycles. The molecule has 0 saturated carbocycles. The smallest absolute Gasteiger partial charge is 0.228 e. The average Bonchev–Trinajstić information content (AvgIpc) is 3.11. The van der Waals surface area contributed by atoms with Gasteiger partial charge in [0.05, 0.1) is 23.5 Å². The molecule has 5 nitrogen and oxygen atoms in total. The summed E-state index contributed by atoms with van der Waals surface area (Å²) in [7, 11) is 0. The molecular weight excluding hydrogens is 372 g/mol. The summed E-state index contributed by atoms with van der Waals surface area (Å²) in [4.78, 5) is 20.3. The topological polar surface area (TPSA) is 50.2 Å². The van der Waals surface area contributed by atoms with E-state index in [1.54, 1.807) is 0 Å². The van der Waals surface area contributed by atoms with Crippen molar-refractivity contribution in [3.63, 3.8) is 0 Å². The van der Waals surface area contributed by atoms with Crippen molar-refractivity contribution in [3.05, 3.63) is 59.9 Å². The molecule has 1 amide bonds. The van der Waals surface area contributed by atoms with E-state index in [0.717, 1.165) is 56.0 Å². The molecule has 5 heteroatoms. The van der Waals surface area contributed by atoms with Crippen molar-refractivity contribution in [1.82, 2.24) is 14.5 Å². The first-order valence-corrected chi connectivity index (χ1v) is 11.1. The third-order valence-corrected chi connectivity index (χ3v) is 6.13. The van der Waals surface area contributed by atoms with Gasteiger partial charge < -0.3 is 9.88 Å². The fourth-order valence-electron chi connectivity index (χ4n) is 4.56. The van der Waals surface area contributed by atoms with E-state index >= 15 is 0 Å². The monoisotopic (exact) mass is 404 g/mol. The van der Waals surface area contributed by atoms with Gasteiger partial charge in [0.25, 0.3) is 0 Å². The van der Waals surface area contributed by atoms with Gasteiger partial charge >= 0.3 is 0 Å². The molecule has 158 valence electrons. The van der Waals surface area contributed by atoms with E-state index in [1.807, 2.05) is 24.3 Å². The SMILES string of the molecule is CCn1c(CN2CCC[C@@H](C(=O)Nc3ccccc3C(C)C)C2)nc2ccccc21. The van der Waals surface area contributed by atoms with Gasteiger partial charge in [0.1, 0.15) is 5.82 Å². The Morgan fingerprint density at radius 1 is 1.17 bits per heavy atom. The number of carbonyl (C=O) groups is 1. The quantitative estimate of drug-likeness (QED) is 0.627. The highest BCUT2D eigenvalue weighted by Crippen LogP contribution is 2.26. The van der Waals surface area contributed by atoms with Crippen LogP contribution in [-0.4, -0.2) is 33.4 Å². The fraction of sp³-hybridized carbons (Fsp3) is 0.440. The number of piperidine rings is 1. The van der Waals surface area contributed by atoms with Gasteiger partial charge in [-0.2, -0.15) is 0 Å². The molecule has 1 saturated heterocycles. The van der Waals surface area contributed by atoms with Gasteiger partial charge in [-0.05, 0) is 56.0 Å². The number of carbonyl (C=O) groups excluding carboxylic acids is 1. The predicted molar refractivity (Wildman–Crippen MR) is 123 cm³/mol. The minimum atomic E-state index is 0.0124. The van der Waals surface area contributed by atoms with Gasteiger partial charge in [0.2, 0.25) is 5.91 Å². The van der Waals surface area contributed by atoms with Gasteiger partial charge in [-0.25, -0.2) is 4.98 Å². The van der Waals surface area contributed by atoms with Crippen LogP contribution in [0.15, 0.2) is 48.5 Å². The third-order valence-electron chi connectivity index (χ3n) is 6.13. The molecule has 0 aliphatic carbocycles. The Hall–Kier alpha value is -2.66. The summed E-state index contributed by atoms with van der Waals surface area (Å²) in [6.07, 6.45) is 1.98. The molecule has 0 spiro atoms. The molecule has 0 bridgehead atoms. The number of hydrogen-bond donors (Lipinski definition) is 1. The van der Waals surface area contributed by atoms with Crippen molar-refractivity contribution >= 4 is 22.6 Å². The Labute approximate surface area is 179 Å². The van der Waals surface area contributed by atoms with Crippen LogP contribution in [0, 0.1) is 5.92 Å². The standard InChI is InChI=1S/C25H32N4O/c1-4-29-23-14-8-7-13-22(23)26-24(29)17-28-15-9-10-19(16-28)25(30)27-21-12-6-5-11-20(21)18(2)3/h5-8,11-14,18-19H,4,9-10,15-17H2,1-3H3,(H,27,30)/t19-/m1/s1. The number of nitrogens with zero attached hydrogens (tertiary/aromatic N) is 3. The number of para-hydroxylation sites is 3. The molecule has 1 atom stereocenters. The van der Waals surface area contributed by atoms with Crippen molar-refractivity contribution < 1.29 is 4.79 Å². The normalized spacial score (nSPS) is 17.5. The van der Waals surface area contributed by atoms with E-state index in [1.165, 1.54) is 11.1 Å². The number of imidazole rings is 1. The summed E-state index contributed by atoms with van der Waals surface area (Å²) in [5, 5.41) is 3.20. The number of benzene rings is 2. The number of hydrogen-bond acceptors (Lipinski definition) is 3. The van der Waals surface area contributed by atoms with Crippen molar-refractivity contribution in [2.75, 3.05) is 18.4 Å². The van der Waals surface area contributed by atoms with E-state index in [2.05, 4.69) is 59.8 Å². The molecule has 0 unspecified atom stereocenters. The zero-order valence-corrected chi connectivity index (χ0v) is 18.3. The molecule has 1 aromatic heterocycles. The van der Waals surface area contributed by atoms with Crippen LogP contribution in [-0.2, 0) is 17.9 Å². The lowest BCUT2D eigenvalue weighted by molar-refractivity contribution is -0.121. The Morgan fingerprint density at radius 2 is 1.93 bits per heavy atom. The van der Waals surface area contributed by atoms with Gasteiger partial charge in [0.15, 0.2) is 0 Å². The van der Waals surface area contributed by atoms with Crippen molar-refractivity contribution in [1.29, 1.82) is 0 Å². The van der Waals surface area contributed by atoms with Crippen LogP contribution in [0.2, 0.25) is 0 Å². The second-order valence-corrected chi connectivity index (χ2v) is 8.57. The second-order valence-electron chi connectivity index (χ2n) is 8.57. The van der Waals surface area contributed by atoms with E-state index in [-0.39, 0.29) is 11.8 Å². The molecular formula is C25H32N4O. The number of anilines is 1. The van der Waals surface area contributed by atoms with E-state index < -0.39 is 0 Å². The number of likely N-dealkylation sites (tertiary alicyclic amines) is 1. The van der Waals surface area contributed by atoms with Crippen LogP contribution in [0.5, 0.6) is 0 Å². The molecule has 4 rings (SSSR count). The van der Waals surface area contributed by atoms with Crippen molar-refractivity contribution in [2.45, 2.75) is 52.6 Å². The lowest BCUT2D eigenvalue weighted by atomic mass is 9.96. The highest BCUT2D eigenvalue weighted by molar-refractivity contribution is 5.93. The van der Waals surface area contributed by atoms with Crippen LogP contribution in [0.3, 0.4) is 0 Å². The van der Waals surface area contributed by atoms with Crippen LogP contribution >= 0.6 is 0 Å². The minimum absolute atomic E-state index is 0.0124. The Bertz CT molecular complexity index is 1020. The number of aryl methyl sites for hydroxylation is 1. The van der Waals surface area contributed by atoms with Crippen LogP contribution in [0.25, 0.3) is 11.0 Å². The molecule has 3 aromatic rings. The Morgan fingerprint density at radius 3 is 2.73 bits per heavy atom. The first-order valence-electron chi connectivity index (χ1n) is 11.1. The number of aromatic nitrogens is 2. The molecule has 2 heterocycles. The zero-order chi connectivity index (χ0) is 21.1. The highest BCUT2D eigenvalue weighted by Gasteiger charge is 2.27. The number of rotatable bonds is 6. The van der Waals surface area contributed by atoms with Gasteiger partial charge in [0, 0.05) is 18.8 Å². The van der Waals surface area contributed by atoms with Crippen LogP contribution in [0.1, 0.15) is 50.9 Å². The summed E-state index contributed by atoms with van der Waals surface area (Å²) in [6, 6.07) is 16.4. The number of nitrogens with one attached hydrogen (secondary N) is 1. The first-order chi connectivity index (χ1) is 14.6. The maximum atomic E-state index is 13.0. The highest BCUT2D eigenvalue weighted by atomic mass is 16.1. The lowest BCUT2D eigenvalue weighted by Gasteiger charge is -2.32. The largest absolute Gasteiger partial charge is 0.327 e. The third kappa shape index (κ3) is 4.26. The molecule has 0 radical (unpaired) electrons. The van der Waals surface area contributed by atoms with Crippen LogP contribution in [0.4, 0.5) is 5.69 Å². The summed E-state index contributed by atoms with van der Waals surface area (Å²) in [5.41, 5.74) is 4.37. The van der Waals surface area contributed by atoms with Crippen molar-refractivity contribution in [2.24, 2.45) is 5.92 Å². The van der Waals surface area contributed by atoms with Gasteiger partial charge in [-0.15, -0.1) is 0 Å². The summed E-state index contributed by atoms with van der Waals surface area (Å²) in [5.74, 6) is 1.62. The first kappa shape index (κ1) is 20.6. The molecule has 1 aliphatic heterocycles. The van der Waals surface area contributed by atoms with E-state index in [4.69, 9.17) is 4.98 Å². The fourth-order valence-corrected chi connectivity index (χ4v) is 4.56. The van der Waals surface area contributed by atoms with Gasteiger partial charge in [-0.1, -0.05) is 44.2 Å². The van der Waals surface area contributed by atoms with E-state index in [0.29, 0.717) is 5.92 Å². The van der Waals surface area contributed by atoms with Crippen molar-refractivity contribution in [3.8, 4) is 0 Å². The predicted octanol–water partition coefficient (Wildman–Crippen LogP) is 5.03.